The molecule has 5 heteroatoms. The summed E-state index contributed by atoms with van der Waals surface area (Å²) in [5.74, 6) is -0.277. The Balaban J connectivity index is 1.58. The highest BCUT2D eigenvalue weighted by Gasteiger charge is 2.20. The van der Waals surface area contributed by atoms with Crippen molar-refractivity contribution < 1.29 is 4.79 Å². The lowest BCUT2D eigenvalue weighted by atomic mass is 9.98. The maximum atomic E-state index is 13.3. The molecule has 0 spiro atoms. The fourth-order valence-corrected chi connectivity index (χ4v) is 3.86. The summed E-state index contributed by atoms with van der Waals surface area (Å²) in [5, 5.41) is 8.49. The van der Waals surface area contributed by atoms with Crippen molar-refractivity contribution in [2.45, 2.75) is 25.3 Å². The second-order valence-corrected chi connectivity index (χ2v) is 7.64. The molecule has 1 atom stereocenters. The minimum absolute atomic E-state index is 0.143. The lowest BCUT2D eigenvalue weighted by molar-refractivity contribution is 0.0929. The molecule has 5 nitrogen and oxygen atoms in total. The van der Waals surface area contributed by atoms with Crippen LogP contribution in [0.3, 0.4) is 0 Å². The lowest BCUT2D eigenvalue weighted by Crippen LogP contribution is -2.32. The number of rotatable bonds is 7. The first kappa shape index (κ1) is 20.5. The summed E-state index contributed by atoms with van der Waals surface area (Å²) in [4.78, 5) is 25.6. The van der Waals surface area contributed by atoms with Gasteiger partial charge >= 0.3 is 0 Å². The molecule has 31 heavy (non-hydrogen) atoms. The summed E-state index contributed by atoms with van der Waals surface area (Å²) < 4.78 is 1.23. The fourth-order valence-electron chi connectivity index (χ4n) is 3.86. The standard InChI is InChI=1S/C26H25N3O2/c1-29-26(31)22-17-9-8-16-21(22)24(28-29)25(30)27-23(20-14-6-3-7-15-20)18-10-13-19-11-4-2-5-12-19/h2-9,11-12,14-17,23H,10,13,18H2,1H3,(H,27,30)/t23-/m1/s1. The van der Waals surface area contributed by atoms with Crippen LogP contribution in [0.15, 0.2) is 89.7 Å². The van der Waals surface area contributed by atoms with Gasteiger partial charge in [0.15, 0.2) is 5.69 Å². The zero-order valence-electron chi connectivity index (χ0n) is 17.5. The maximum Gasteiger partial charge on any atom is 0.274 e. The number of carbonyl (C=O) groups excluding carboxylic acids is 1. The third-order valence-corrected chi connectivity index (χ3v) is 5.48. The van der Waals surface area contributed by atoms with Gasteiger partial charge in [0.25, 0.3) is 11.5 Å². The number of carbonyl (C=O) groups is 1. The van der Waals surface area contributed by atoms with E-state index in [2.05, 4.69) is 22.5 Å². The largest absolute Gasteiger partial charge is 0.344 e. The Morgan fingerprint density at radius 2 is 1.52 bits per heavy atom. The molecule has 0 bridgehead atoms. The number of fused-ring (bicyclic) bond motifs is 1. The van der Waals surface area contributed by atoms with Gasteiger partial charge in [-0.1, -0.05) is 78.9 Å². The first-order valence-electron chi connectivity index (χ1n) is 10.5. The number of amides is 1. The zero-order valence-corrected chi connectivity index (χ0v) is 17.5. The van der Waals surface area contributed by atoms with Crippen molar-refractivity contribution in [3.8, 4) is 0 Å². The second kappa shape index (κ2) is 9.39. The van der Waals surface area contributed by atoms with E-state index in [4.69, 9.17) is 0 Å². The Hall–Kier alpha value is -3.73. The van der Waals surface area contributed by atoms with Gasteiger partial charge in [-0.25, -0.2) is 4.68 Å². The zero-order chi connectivity index (χ0) is 21.6. The van der Waals surface area contributed by atoms with E-state index < -0.39 is 0 Å². The van der Waals surface area contributed by atoms with Crippen molar-refractivity contribution >= 4 is 16.7 Å². The molecule has 1 heterocycles. The summed E-state index contributed by atoms with van der Waals surface area (Å²) in [6, 6.07) is 27.3. The van der Waals surface area contributed by atoms with Crippen LogP contribution in [0.5, 0.6) is 0 Å². The van der Waals surface area contributed by atoms with E-state index >= 15 is 0 Å². The van der Waals surface area contributed by atoms with Crippen LogP contribution in [-0.4, -0.2) is 15.7 Å². The second-order valence-electron chi connectivity index (χ2n) is 7.64. The molecule has 1 N–H and O–H groups in total. The SMILES string of the molecule is Cn1nc(C(=O)N[C@H](CCCc2ccccc2)c2ccccc2)c2ccccc2c1=O. The lowest BCUT2D eigenvalue weighted by Gasteiger charge is -2.20. The van der Waals surface area contributed by atoms with Gasteiger partial charge in [-0.15, -0.1) is 0 Å². The van der Waals surface area contributed by atoms with E-state index in [0.29, 0.717) is 10.8 Å². The summed E-state index contributed by atoms with van der Waals surface area (Å²) in [7, 11) is 1.57. The summed E-state index contributed by atoms with van der Waals surface area (Å²) in [6.45, 7) is 0. The van der Waals surface area contributed by atoms with Crippen LogP contribution in [0.25, 0.3) is 10.8 Å². The summed E-state index contributed by atoms with van der Waals surface area (Å²) in [5.41, 5.74) is 2.39. The van der Waals surface area contributed by atoms with Crippen LogP contribution >= 0.6 is 0 Å². The van der Waals surface area contributed by atoms with E-state index in [1.807, 2.05) is 54.6 Å². The van der Waals surface area contributed by atoms with Crippen LogP contribution in [-0.2, 0) is 13.5 Å². The number of aryl methyl sites for hydroxylation is 2. The molecule has 0 fully saturated rings. The van der Waals surface area contributed by atoms with Crippen LogP contribution < -0.4 is 10.9 Å². The molecule has 0 unspecified atom stereocenters. The Bertz CT molecular complexity index is 1230. The number of hydrogen-bond donors (Lipinski definition) is 1. The van der Waals surface area contributed by atoms with Crippen molar-refractivity contribution in [3.63, 3.8) is 0 Å². The van der Waals surface area contributed by atoms with Gasteiger partial charge in [0.1, 0.15) is 0 Å². The predicted octanol–water partition coefficient (Wildman–Crippen LogP) is 4.43. The molecule has 0 radical (unpaired) electrons. The van der Waals surface area contributed by atoms with Gasteiger partial charge < -0.3 is 5.32 Å². The monoisotopic (exact) mass is 411 g/mol. The minimum atomic E-state index is -0.277. The van der Waals surface area contributed by atoms with Crippen LogP contribution in [0.2, 0.25) is 0 Å². The Morgan fingerprint density at radius 3 is 2.23 bits per heavy atom. The van der Waals surface area contributed by atoms with Gasteiger partial charge in [-0.3, -0.25) is 9.59 Å². The quantitative estimate of drug-likeness (QED) is 0.489. The molecular weight excluding hydrogens is 386 g/mol. The molecule has 1 amide bonds. The van der Waals surface area contributed by atoms with Crippen LogP contribution in [0.1, 0.15) is 40.5 Å². The number of nitrogens with one attached hydrogen (secondary N) is 1. The molecule has 0 aliphatic heterocycles. The maximum absolute atomic E-state index is 13.3. The highest BCUT2D eigenvalue weighted by molar-refractivity contribution is 6.04. The molecule has 4 rings (SSSR count). The molecule has 0 aliphatic carbocycles. The van der Waals surface area contributed by atoms with Crippen molar-refractivity contribution in [1.29, 1.82) is 0 Å². The van der Waals surface area contributed by atoms with Gasteiger partial charge in [0, 0.05) is 12.4 Å². The number of benzene rings is 3. The normalized spacial score (nSPS) is 11.9. The van der Waals surface area contributed by atoms with Crippen LogP contribution in [0.4, 0.5) is 0 Å². The number of nitrogens with zero attached hydrogens (tertiary/aromatic N) is 2. The number of aromatic nitrogens is 2. The molecule has 1 aromatic heterocycles. The smallest absolute Gasteiger partial charge is 0.274 e. The van der Waals surface area contributed by atoms with E-state index in [0.717, 1.165) is 24.8 Å². The van der Waals surface area contributed by atoms with Gasteiger partial charge in [0.2, 0.25) is 0 Å². The van der Waals surface area contributed by atoms with Crippen molar-refractivity contribution in [2.24, 2.45) is 7.05 Å². The summed E-state index contributed by atoms with van der Waals surface area (Å²) in [6.07, 6.45) is 2.68. The Morgan fingerprint density at radius 1 is 0.903 bits per heavy atom. The molecule has 0 saturated carbocycles. The topological polar surface area (TPSA) is 64.0 Å². The van der Waals surface area contributed by atoms with E-state index in [1.165, 1.54) is 10.2 Å². The van der Waals surface area contributed by atoms with Crippen molar-refractivity contribution in [3.05, 3.63) is 112 Å². The Kier molecular flexibility index (Phi) is 6.22. The van der Waals surface area contributed by atoms with E-state index in [1.54, 1.807) is 25.2 Å². The highest BCUT2D eigenvalue weighted by Crippen LogP contribution is 2.21. The summed E-state index contributed by atoms with van der Waals surface area (Å²) >= 11 is 0. The van der Waals surface area contributed by atoms with E-state index in [-0.39, 0.29) is 23.2 Å². The van der Waals surface area contributed by atoms with Crippen molar-refractivity contribution in [1.82, 2.24) is 15.1 Å². The van der Waals surface area contributed by atoms with Crippen LogP contribution in [0, 0.1) is 0 Å². The van der Waals surface area contributed by atoms with E-state index in [9.17, 15) is 9.59 Å². The Labute approximate surface area is 181 Å². The molecule has 0 aliphatic rings. The first-order chi connectivity index (χ1) is 15.1. The third-order valence-electron chi connectivity index (χ3n) is 5.48. The average molecular weight is 412 g/mol. The highest BCUT2D eigenvalue weighted by atomic mass is 16.2. The van der Waals surface area contributed by atoms with Gasteiger partial charge in [0.05, 0.1) is 11.4 Å². The van der Waals surface area contributed by atoms with Crippen molar-refractivity contribution in [2.75, 3.05) is 0 Å². The minimum Gasteiger partial charge on any atom is -0.344 e. The van der Waals surface area contributed by atoms with Gasteiger partial charge in [-0.2, -0.15) is 5.10 Å². The molecule has 4 aromatic rings. The number of hydrogen-bond acceptors (Lipinski definition) is 3. The average Bonchev–Trinajstić information content (AvgIpc) is 2.82. The first-order valence-corrected chi connectivity index (χ1v) is 10.5. The molecule has 0 saturated heterocycles. The molecular formula is C26H25N3O2. The fraction of sp³-hybridized carbons (Fsp3) is 0.192. The third kappa shape index (κ3) is 4.72. The van der Waals surface area contributed by atoms with Gasteiger partial charge in [-0.05, 0) is 36.5 Å². The molecule has 156 valence electrons. The molecule has 3 aromatic carbocycles. The predicted molar refractivity (Wildman–Crippen MR) is 123 cm³/mol.